The number of hydrogen-bond donors (Lipinski definition) is 1. The highest BCUT2D eigenvalue weighted by Crippen LogP contribution is 2.31. The van der Waals surface area contributed by atoms with E-state index < -0.39 is 0 Å². The predicted octanol–water partition coefficient (Wildman–Crippen LogP) is 4.86. The maximum atomic E-state index is 12.9. The van der Waals surface area contributed by atoms with E-state index in [2.05, 4.69) is 10.3 Å². The van der Waals surface area contributed by atoms with Crippen molar-refractivity contribution < 1.29 is 23.5 Å². The van der Waals surface area contributed by atoms with Gasteiger partial charge in [0.05, 0.1) is 19.2 Å². The number of para-hydroxylation sites is 1. The number of benzene rings is 2. The molecule has 1 N–H and O–H groups in total. The average molecular weight is 506 g/mol. The molecule has 0 spiro atoms. The van der Waals surface area contributed by atoms with Gasteiger partial charge in [0.1, 0.15) is 22.8 Å². The molecule has 1 aliphatic heterocycles. The van der Waals surface area contributed by atoms with Gasteiger partial charge in [-0.15, -0.1) is 11.3 Å². The maximum Gasteiger partial charge on any atom is 0.289 e. The van der Waals surface area contributed by atoms with Crippen LogP contribution in [-0.4, -0.2) is 49.0 Å². The van der Waals surface area contributed by atoms with Gasteiger partial charge in [0, 0.05) is 42.4 Å². The van der Waals surface area contributed by atoms with Gasteiger partial charge in [0.15, 0.2) is 5.76 Å². The molecule has 1 saturated heterocycles. The van der Waals surface area contributed by atoms with E-state index in [0.29, 0.717) is 42.6 Å². The lowest BCUT2D eigenvalue weighted by Crippen LogP contribution is -2.37. The minimum absolute atomic E-state index is 0.0852. The third kappa shape index (κ3) is 5.06. The second kappa shape index (κ2) is 10.4. The van der Waals surface area contributed by atoms with Crippen LogP contribution in [0.25, 0.3) is 11.0 Å². The molecule has 0 atom stereocenters. The van der Waals surface area contributed by atoms with E-state index in [1.54, 1.807) is 31.7 Å². The fourth-order valence-electron chi connectivity index (χ4n) is 4.39. The smallest absolute Gasteiger partial charge is 0.289 e. The standard InChI is InChI=1S/C27H27N3O5S/c1-33-20-11-17(12-21(14-20)34-2)15-28-25(31)22-16-36-26(29-22)18-7-9-30(10-8-18)27(32)24-13-19-5-3-4-6-23(19)35-24/h3-6,11-14,16,18H,7-10,15H2,1-2H3,(H,28,31). The van der Waals surface area contributed by atoms with E-state index in [1.165, 1.54) is 11.3 Å². The molecule has 5 rings (SSSR count). The first-order valence-corrected chi connectivity index (χ1v) is 12.7. The Labute approximate surface area is 212 Å². The molecule has 0 radical (unpaired) electrons. The molecule has 0 bridgehead atoms. The van der Waals surface area contributed by atoms with Crippen LogP contribution in [0, 0.1) is 0 Å². The lowest BCUT2D eigenvalue weighted by atomic mass is 9.97. The number of rotatable bonds is 7. The number of likely N-dealkylation sites (tertiary alicyclic amines) is 1. The Morgan fingerprint density at radius 1 is 1.08 bits per heavy atom. The molecule has 4 aromatic rings. The Balaban J connectivity index is 1.16. The number of thiazole rings is 1. The van der Waals surface area contributed by atoms with Crippen LogP contribution in [0.1, 0.15) is 50.4 Å². The third-order valence-electron chi connectivity index (χ3n) is 6.39. The zero-order valence-corrected chi connectivity index (χ0v) is 21.0. The molecule has 186 valence electrons. The van der Waals surface area contributed by atoms with Crippen LogP contribution in [0.15, 0.2) is 58.3 Å². The summed E-state index contributed by atoms with van der Waals surface area (Å²) < 4.78 is 16.3. The normalized spacial score (nSPS) is 14.1. The van der Waals surface area contributed by atoms with Gasteiger partial charge in [-0.1, -0.05) is 18.2 Å². The van der Waals surface area contributed by atoms with Crippen molar-refractivity contribution in [2.24, 2.45) is 0 Å². The van der Waals surface area contributed by atoms with Crippen LogP contribution in [0.5, 0.6) is 11.5 Å². The lowest BCUT2D eigenvalue weighted by molar-refractivity contribution is 0.0683. The van der Waals surface area contributed by atoms with E-state index in [0.717, 1.165) is 34.4 Å². The van der Waals surface area contributed by atoms with Gasteiger partial charge in [-0.05, 0) is 42.7 Å². The number of furan rings is 1. The Morgan fingerprint density at radius 2 is 1.81 bits per heavy atom. The summed E-state index contributed by atoms with van der Waals surface area (Å²) >= 11 is 1.49. The number of carbonyl (C=O) groups excluding carboxylic acids is 2. The highest BCUT2D eigenvalue weighted by molar-refractivity contribution is 7.09. The Morgan fingerprint density at radius 3 is 2.50 bits per heavy atom. The Hall–Kier alpha value is -3.85. The molecule has 1 aliphatic rings. The van der Waals surface area contributed by atoms with Crippen LogP contribution in [-0.2, 0) is 6.54 Å². The number of nitrogens with zero attached hydrogens (tertiary/aromatic N) is 2. The fourth-order valence-corrected chi connectivity index (χ4v) is 5.36. The van der Waals surface area contributed by atoms with Crippen molar-refractivity contribution in [1.29, 1.82) is 0 Å². The van der Waals surface area contributed by atoms with Crippen molar-refractivity contribution in [1.82, 2.24) is 15.2 Å². The summed E-state index contributed by atoms with van der Waals surface area (Å²) in [6, 6.07) is 14.9. The van der Waals surface area contributed by atoms with Crippen molar-refractivity contribution in [2.45, 2.75) is 25.3 Å². The molecule has 0 saturated carbocycles. The minimum atomic E-state index is -0.225. The number of piperidine rings is 1. The number of hydrogen-bond acceptors (Lipinski definition) is 7. The molecular weight excluding hydrogens is 478 g/mol. The number of ether oxygens (including phenoxy) is 2. The minimum Gasteiger partial charge on any atom is -0.497 e. The summed E-state index contributed by atoms with van der Waals surface area (Å²) in [5.41, 5.74) is 2.00. The molecule has 1 fully saturated rings. The van der Waals surface area contributed by atoms with E-state index in [9.17, 15) is 9.59 Å². The first-order chi connectivity index (χ1) is 17.5. The highest BCUT2D eigenvalue weighted by Gasteiger charge is 2.28. The summed E-state index contributed by atoms with van der Waals surface area (Å²) in [5.74, 6) is 1.62. The van der Waals surface area contributed by atoms with E-state index in [4.69, 9.17) is 13.9 Å². The van der Waals surface area contributed by atoms with Gasteiger partial charge in [-0.3, -0.25) is 9.59 Å². The van der Waals surface area contributed by atoms with E-state index >= 15 is 0 Å². The first kappa shape index (κ1) is 23.9. The number of nitrogens with one attached hydrogen (secondary N) is 1. The molecule has 2 aromatic heterocycles. The summed E-state index contributed by atoms with van der Waals surface area (Å²) in [5, 5.41) is 6.57. The van der Waals surface area contributed by atoms with Crippen molar-refractivity contribution in [3.05, 3.63) is 75.9 Å². The molecule has 36 heavy (non-hydrogen) atoms. The van der Waals surface area contributed by atoms with Crippen LogP contribution in [0.2, 0.25) is 0 Å². The van der Waals surface area contributed by atoms with E-state index in [1.807, 2.05) is 41.3 Å². The van der Waals surface area contributed by atoms with Gasteiger partial charge >= 0.3 is 0 Å². The van der Waals surface area contributed by atoms with E-state index in [-0.39, 0.29) is 17.7 Å². The summed E-state index contributed by atoms with van der Waals surface area (Å²) in [7, 11) is 3.18. The SMILES string of the molecule is COc1cc(CNC(=O)c2csc(C3CCN(C(=O)c4cc5ccccc5o4)CC3)n2)cc(OC)c1. The Bertz CT molecular complexity index is 1330. The highest BCUT2D eigenvalue weighted by atomic mass is 32.1. The lowest BCUT2D eigenvalue weighted by Gasteiger charge is -2.30. The Kier molecular flexibility index (Phi) is 6.90. The average Bonchev–Trinajstić information content (AvgIpc) is 3.59. The largest absolute Gasteiger partial charge is 0.497 e. The molecule has 3 heterocycles. The number of carbonyl (C=O) groups is 2. The second-order valence-corrected chi connectivity index (χ2v) is 9.58. The summed E-state index contributed by atoms with van der Waals surface area (Å²) in [6.45, 7) is 1.58. The van der Waals surface area contributed by atoms with Gasteiger partial charge in [-0.2, -0.15) is 0 Å². The zero-order valence-electron chi connectivity index (χ0n) is 20.2. The fraction of sp³-hybridized carbons (Fsp3) is 0.296. The molecular formula is C27H27N3O5S. The van der Waals surface area contributed by atoms with Gasteiger partial charge < -0.3 is 24.1 Å². The molecule has 2 amide bonds. The number of amides is 2. The first-order valence-electron chi connectivity index (χ1n) is 11.8. The van der Waals surface area contributed by atoms with Crippen molar-refractivity contribution in [2.75, 3.05) is 27.3 Å². The van der Waals surface area contributed by atoms with Crippen molar-refractivity contribution >= 4 is 34.1 Å². The predicted molar refractivity (Wildman–Crippen MR) is 137 cm³/mol. The van der Waals surface area contributed by atoms with Crippen molar-refractivity contribution in [3.8, 4) is 11.5 Å². The number of methoxy groups -OCH3 is 2. The summed E-state index contributed by atoms with van der Waals surface area (Å²) in [6.07, 6.45) is 1.59. The van der Waals surface area contributed by atoms with Crippen LogP contribution >= 0.6 is 11.3 Å². The zero-order chi connectivity index (χ0) is 25.1. The van der Waals surface area contributed by atoms with Crippen LogP contribution in [0.3, 0.4) is 0 Å². The van der Waals surface area contributed by atoms with Gasteiger partial charge in [-0.25, -0.2) is 4.98 Å². The monoisotopic (exact) mass is 505 g/mol. The van der Waals surface area contributed by atoms with Crippen LogP contribution in [0.4, 0.5) is 0 Å². The second-order valence-electron chi connectivity index (χ2n) is 8.69. The van der Waals surface area contributed by atoms with Gasteiger partial charge in [0.25, 0.3) is 11.8 Å². The molecule has 9 heteroatoms. The summed E-state index contributed by atoms with van der Waals surface area (Å²) in [4.78, 5) is 32.1. The molecule has 2 aromatic carbocycles. The third-order valence-corrected chi connectivity index (χ3v) is 7.39. The quantitative estimate of drug-likeness (QED) is 0.386. The molecule has 0 unspecified atom stereocenters. The molecule has 8 nitrogen and oxygen atoms in total. The van der Waals surface area contributed by atoms with Gasteiger partial charge in [0.2, 0.25) is 0 Å². The molecule has 0 aliphatic carbocycles. The number of fused-ring (bicyclic) bond motifs is 1. The topological polar surface area (TPSA) is 93.9 Å². The van der Waals surface area contributed by atoms with Crippen molar-refractivity contribution in [3.63, 3.8) is 0 Å². The maximum absolute atomic E-state index is 12.9. The number of aromatic nitrogens is 1. The van der Waals surface area contributed by atoms with Crippen LogP contribution < -0.4 is 14.8 Å².